The van der Waals surface area contributed by atoms with Crippen LogP contribution in [-0.4, -0.2) is 57.7 Å². The van der Waals surface area contributed by atoms with Crippen LogP contribution in [0.4, 0.5) is 22.2 Å². The molecular weight excluding hydrogens is 392 g/mol. The fraction of sp³-hybridized carbons (Fsp3) is 0.364. The van der Waals surface area contributed by atoms with Gasteiger partial charge in [-0.1, -0.05) is 18.2 Å². The summed E-state index contributed by atoms with van der Waals surface area (Å²) in [5, 5.41) is 14.1. The molecular formula is C22H28N8O. The molecule has 1 saturated heterocycles. The van der Waals surface area contributed by atoms with E-state index in [0.29, 0.717) is 17.4 Å². The first-order chi connectivity index (χ1) is 14.9. The van der Waals surface area contributed by atoms with E-state index < -0.39 is 0 Å². The quantitative estimate of drug-likeness (QED) is 0.597. The van der Waals surface area contributed by atoms with Crippen molar-refractivity contribution in [3.8, 4) is 0 Å². The normalized spacial score (nSPS) is 14.9. The van der Waals surface area contributed by atoms with Crippen LogP contribution in [0.1, 0.15) is 20.8 Å². The minimum atomic E-state index is -0.338. The smallest absolute Gasteiger partial charge is 0.320 e. The Hall–Kier alpha value is -3.30. The number of amides is 2. The predicted octanol–water partition coefficient (Wildman–Crippen LogP) is 2.90. The molecule has 9 nitrogen and oxygen atoms in total. The molecule has 9 heteroatoms. The number of rotatable bonds is 4. The molecule has 31 heavy (non-hydrogen) atoms. The van der Waals surface area contributed by atoms with Gasteiger partial charge in [0.05, 0.1) is 5.69 Å². The predicted molar refractivity (Wildman–Crippen MR) is 122 cm³/mol. The second-order valence-corrected chi connectivity index (χ2v) is 8.46. The van der Waals surface area contributed by atoms with E-state index in [2.05, 4.69) is 30.9 Å². The molecule has 3 heterocycles. The molecule has 162 valence electrons. The topological polar surface area (TPSA) is 98.3 Å². The van der Waals surface area contributed by atoms with Crippen LogP contribution in [-0.2, 0) is 0 Å². The molecule has 1 aliphatic heterocycles. The largest absolute Gasteiger partial charge is 0.333 e. The monoisotopic (exact) mass is 420 g/mol. The van der Waals surface area contributed by atoms with Crippen molar-refractivity contribution in [1.29, 1.82) is 0 Å². The Kier molecular flexibility index (Phi) is 5.97. The molecule has 0 spiro atoms. The summed E-state index contributed by atoms with van der Waals surface area (Å²) in [5.74, 6) is 0.983. The van der Waals surface area contributed by atoms with Gasteiger partial charge < -0.3 is 10.6 Å². The average molecular weight is 421 g/mol. The zero-order chi connectivity index (χ0) is 21.8. The lowest BCUT2D eigenvalue weighted by Crippen LogP contribution is -2.51. The van der Waals surface area contributed by atoms with Crippen molar-refractivity contribution < 1.29 is 4.79 Å². The molecule has 0 atom stereocenters. The summed E-state index contributed by atoms with van der Waals surface area (Å²) in [5.41, 5.74) is 1.17. The van der Waals surface area contributed by atoms with E-state index in [-0.39, 0.29) is 11.6 Å². The van der Waals surface area contributed by atoms with Gasteiger partial charge in [-0.15, -0.1) is 0 Å². The van der Waals surface area contributed by atoms with Crippen LogP contribution in [0, 0.1) is 0 Å². The van der Waals surface area contributed by atoms with Crippen LogP contribution in [0.25, 0.3) is 11.0 Å². The Labute approximate surface area is 181 Å². The van der Waals surface area contributed by atoms with Gasteiger partial charge >= 0.3 is 6.03 Å². The summed E-state index contributed by atoms with van der Waals surface area (Å²) in [6.45, 7) is 9.26. The molecule has 3 aromatic rings. The summed E-state index contributed by atoms with van der Waals surface area (Å²) in [7, 11) is 0. The summed E-state index contributed by atoms with van der Waals surface area (Å²) in [4.78, 5) is 26.1. The average Bonchev–Trinajstić information content (AvgIpc) is 2.74. The lowest BCUT2D eigenvalue weighted by atomic mass is 10.1. The number of carbonyl (C=O) groups is 1. The highest BCUT2D eigenvalue weighted by Gasteiger charge is 2.23. The lowest BCUT2D eigenvalue weighted by molar-refractivity contribution is 0.240. The van der Waals surface area contributed by atoms with Gasteiger partial charge in [-0.3, -0.25) is 5.32 Å². The number of benzene rings is 1. The number of pyridine rings is 1. The maximum Gasteiger partial charge on any atom is 0.320 e. The highest BCUT2D eigenvalue weighted by atomic mass is 16.2. The van der Waals surface area contributed by atoms with Crippen molar-refractivity contribution in [2.45, 2.75) is 26.3 Å². The SMILES string of the molecule is CC(C)(C)NC(=O)Nc1ccc2cnc(N(c3ccccc3)N3CCNCC3)nc2n1. The fourth-order valence-corrected chi connectivity index (χ4v) is 3.39. The number of aromatic nitrogens is 3. The minimum absolute atomic E-state index is 0.305. The molecule has 1 aliphatic rings. The third-order valence-electron chi connectivity index (χ3n) is 4.73. The molecule has 0 radical (unpaired) electrons. The van der Waals surface area contributed by atoms with E-state index in [4.69, 9.17) is 4.98 Å². The van der Waals surface area contributed by atoms with E-state index in [9.17, 15) is 4.79 Å². The molecule has 2 aromatic heterocycles. The van der Waals surface area contributed by atoms with Gasteiger partial charge in [0.2, 0.25) is 5.95 Å². The van der Waals surface area contributed by atoms with E-state index in [1.165, 1.54) is 0 Å². The molecule has 0 aliphatic carbocycles. The van der Waals surface area contributed by atoms with Crippen LogP contribution in [0.5, 0.6) is 0 Å². The zero-order valence-electron chi connectivity index (χ0n) is 18.1. The van der Waals surface area contributed by atoms with Crippen LogP contribution in [0.2, 0.25) is 0 Å². The number of carbonyl (C=O) groups excluding carboxylic acids is 1. The molecule has 2 amide bonds. The number of hydrazine groups is 1. The molecule has 1 aromatic carbocycles. The number of para-hydroxylation sites is 1. The Bertz CT molecular complexity index is 1040. The Morgan fingerprint density at radius 3 is 2.52 bits per heavy atom. The fourth-order valence-electron chi connectivity index (χ4n) is 3.39. The molecule has 3 N–H and O–H groups in total. The zero-order valence-corrected chi connectivity index (χ0v) is 18.1. The summed E-state index contributed by atoms with van der Waals surface area (Å²) >= 11 is 0. The first-order valence-electron chi connectivity index (χ1n) is 10.4. The van der Waals surface area contributed by atoms with Gasteiger partial charge in [-0.2, -0.15) is 4.98 Å². The van der Waals surface area contributed by atoms with E-state index in [1.807, 2.05) is 62.2 Å². The van der Waals surface area contributed by atoms with E-state index in [0.717, 1.165) is 37.3 Å². The van der Waals surface area contributed by atoms with E-state index >= 15 is 0 Å². The number of nitrogens with zero attached hydrogens (tertiary/aromatic N) is 5. The highest BCUT2D eigenvalue weighted by molar-refractivity contribution is 5.90. The Morgan fingerprint density at radius 1 is 1.06 bits per heavy atom. The van der Waals surface area contributed by atoms with Crippen molar-refractivity contribution >= 4 is 34.5 Å². The van der Waals surface area contributed by atoms with Gasteiger partial charge in [0.15, 0.2) is 5.65 Å². The lowest BCUT2D eigenvalue weighted by Gasteiger charge is -2.37. The second-order valence-electron chi connectivity index (χ2n) is 8.46. The number of hydrogen-bond donors (Lipinski definition) is 3. The maximum absolute atomic E-state index is 12.2. The molecule has 0 unspecified atom stereocenters. The third-order valence-corrected chi connectivity index (χ3v) is 4.73. The van der Waals surface area contributed by atoms with Crippen LogP contribution >= 0.6 is 0 Å². The van der Waals surface area contributed by atoms with Crippen LogP contribution < -0.4 is 21.0 Å². The number of anilines is 3. The second kappa shape index (κ2) is 8.83. The Balaban J connectivity index is 1.66. The van der Waals surface area contributed by atoms with Gasteiger partial charge in [0.25, 0.3) is 0 Å². The number of piperazine rings is 1. The minimum Gasteiger partial charge on any atom is -0.333 e. The number of nitrogens with one attached hydrogen (secondary N) is 3. The summed E-state index contributed by atoms with van der Waals surface area (Å²) in [6.07, 6.45) is 1.77. The molecule has 4 rings (SSSR count). The molecule has 0 bridgehead atoms. The summed E-state index contributed by atoms with van der Waals surface area (Å²) in [6, 6.07) is 13.4. The first kappa shape index (κ1) is 21.0. The van der Waals surface area contributed by atoms with Gasteiger partial charge in [0, 0.05) is 43.3 Å². The van der Waals surface area contributed by atoms with Crippen LogP contribution in [0.15, 0.2) is 48.7 Å². The molecule has 0 saturated carbocycles. The maximum atomic E-state index is 12.2. The summed E-state index contributed by atoms with van der Waals surface area (Å²) < 4.78 is 0. The van der Waals surface area contributed by atoms with Gasteiger partial charge in [-0.25, -0.2) is 24.8 Å². The van der Waals surface area contributed by atoms with Crippen molar-refractivity contribution in [3.05, 3.63) is 48.7 Å². The first-order valence-corrected chi connectivity index (χ1v) is 10.4. The Morgan fingerprint density at radius 2 is 1.81 bits per heavy atom. The highest BCUT2D eigenvalue weighted by Crippen LogP contribution is 2.26. The van der Waals surface area contributed by atoms with Gasteiger partial charge in [-0.05, 0) is 45.0 Å². The molecule has 1 fully saturated rings. The van der Waals surface area contributed by atoms with Crippen LogP contribution in [0.3, 0.4) is 0 Å². The number of urea groups is 1. The van der Waals surface area contributed by atoms with Crippen molar-refractivity contribution in [3.63, 3.8) is 0 Å². The van der Waals surface area contributed by atoms with Crippen molar-refractivity contribution in [1.82, 2.24) is 30.6 Å². The van der Waals surface area contributed by atoms with E-state index in [1.54, 1.807) is 12.3 Å². The number of hydrogen-bond acceptors (Lipinski definition) is 7. The standard InChI is InChI=1S/C22H28N8O/c1-22(2,3)28-21(31)26-18-10-9-16-15-24-20(27-19(16)25-18)30(17-7-5-4-6-8-17)29-13-11-23-12-14-29/h4-10,15,23H,11-14H2,1-3H3,(H2,24,25,26,27,28,31). The van der Waals surface area contributed by atoms with Crippen molar-refractivity contribution in [2.24, 2.45) is 0 Å². The van der Waals surface area contributed by atoms with Crippen molar-refractivity contribution in [2.75, 3.05) is 36.5 Å². The van der Waals surface area contributed by atoms with Gasteiger partial charge in [0.1, 0.15) is 5.82 Å². The third kappa shape index (κ3) is 5.25. The number of fused-ring (bicyclic) bond motifs is 1.